The Labute approximate surface area is 197 Å². The molecule has 1 aromatic heterocycles. The number of primary amides is 1. The van der Waals surface area contributed by atoms with E-state index in [2.05, 4.69) is 45.0 Å². The fourth-order valence-electron chi connectivity index (χ4n) is 4.62. The average Bonchev–Trinajstić information content (AvgIpc) is 3.16. The maximum Gasteiger partial charge on any atom is 0.220 e. The van der Waals surface area contributed by atoms with Gasteiger partial charge in [-0.05, 0) is 43.6 Å². The van der Waals surface area contributed by atoms with E-state index in [0.29, 0.717) is 6.54 Å². The highest BCUT2D eigenvalue weighted by Gasteiger charge is 2.27. The molecule has 3 heterocycles. The molecule has 2 aliphatic heterocycles. The van der Waals surface area contributed by atoms with Crippen LogP contribution in [-0.4, -0.2) is 55.0 Å². The Balaban J connectivity index is 0.00000320. The monoisotopic (exact) mass is 528 g/mol. The van der Waals surface area contributed by atoms with Crippen LogP contribution in [0.1, 0.15) is 45.1 Å². The predicted octanol–water partition coefficient (Wildman–Crippen LogP) is 2.84. The molecule has 30 heavy (non-hydrogen) atoms. The molecule has 7 nitrogen and oxygen atoms in total. The van der Waals surface area contributed by atoms with Crippen LogP contribution in [0.4, 0.5) is 5.82 Å². The van der Waals surface area contributed by atoms with Gasteiger partial charge >= 0.3 is 0 Å². The zero-order chi connectivity index (χ0) is 20.8. The molecule has 0 spiro atoms. The average molecular weight is 528 g/mol. The number of nitrogens with one attached hydrogen (secondary N) is 1. The van der Waals surface area contributed by atoms with Crippen molar-refractivity contribution in [2.45, 2.75) is 46.1 Å². The number of nitrogens with zero attached hydrogens (tertiary/aromatic N) is 4. The van der Waals surface area contributed by atoms with Crippen LogP contribution in [0.3, 0.4) is 0 Å². The highest BCUT2D eigenvalue weighted by molar-refractivity contribution is 14.0. The maximum absolute atomic E-state index is 11.4. The number of aromatic nitrogens is 1. The number of anilines is 1. The highest BCUT2D eigenvalue weighted by atomic mass is 127. The zero-order valence-corrected chi connectivity index (χ0v) is 20.8. The molecule has 0 radical (unpaired) electrons. The quantitative estimate of drug-likeness (QED) is 0.337. The number of rotatable bonds is 6. The minimum absolute atomic E-state index is 0. The molecule has 0 bridgehead atoms. The first kappa shape index (κ1) is 24.7. The molecular formula is C22H37IN6O. The summed E-state index contributed by atoms with van der Waals surface area (Å²) in [5.41, 5.74) is 6.63. The number of halogens is 1. The number of likely N-dealkylation sites (tertiary alicyclic amines) is 1. The van der Waals surface area contributed by atoms with Gasteiger partial charge in [0.15, 0.2) is 5.96 Å². The summed E-state index contributed by atoms with van der Waals surface area (Å²) in [5.74, 6) is 3.28. The van der Waals surface area contributed by atoms with Gasteiger partial charge in [-0.1, -0.05) is 19.9 Å². The molecule has 1 aromatic rings. The van der Waals surface area contributed by atoms with Gasteiger partial charge < -0.3 is 20.9 Å². The number of nitrogens with two attached hydrogens (primary N) is 1. The first-order valence-corrected chi connectivity index (χ1v) is 10.9. The second-order valence-electron chi connectivity index (χ2n) is 8.78. The van der Waals surface area contributed by atoms with Gasteiger partial charge in [-0.15, -0.1) is 24.0 Å². The molecule has 0 saturated carbocycles. The summed E-state index contributed by atoms with van der Waals surface area (Å²) in [7, 11) is 1.86. The van der Waals surface area contributed by atoms with Crippen LogP contribution in [0.2, 0.25) is 0 Å². The zero-order valence-electron chi connectivity index (χ0n) is 18.5. The predicted molar refractivity (Wildman–Crippen MR) is 133 cm³/mol. The number of amides is 1. The maximum atomic E-state index is 11.4. The van der Waals surface area contributed by atoms with Crippen molar-refractivity contribution in [1.82, 2.24) is 15.2 Å². The number of pyridine rings is 1. The third-order valence-corrected chi connectivity index (χ3v) is 6.10. The Morgan fingerprint density at radius 3 is 2.67 bits per heavy atom. The normalized spacial score (nSPS) is 20.4. The number of hydrogen-bond acceptors (Lipinski definition) is 4. The van der Waals surface area contributed by atoms with Crippen molar-refractivity contribution < 1.29 is 4.79 Å². The standard InChI is InChI=1S/C22H36N6O.HI/c1-16(2)13-17-6-10-28(15-17)22(24-3)26-14-19-5-4-9-25-21(19)27-11-7-18(8-12-27)20(23)29;/h4-5,9,16-18H,6-8,10-15H2,1-3H3,(H2,23,29)(H,24,26);1H. The van der Waals surface area contributed by atoms with Crippen molar-refractivity contribution in [3.05, 3.63) is 23.9 Å². The molecule has 2 saturated heterocycles. The molecule has 0 aromatic carbocycles. The topological polar surface area (TPSA) is 86.9 Å². The van der Waals surface area contributed by atoms with Gasteiger partial charge in [0.25, 0.3) is 0 Å². The van der Waals surface area contributed by atoms with E-state index < -0.39 is 0 Å². The number of aliphatic imine (C=N–C) groups is 1. The minimum atomic E-state index is -0.183. The fourth-order valence-corrected chi connectivity index (χ4v) is 4.62. The Hall–Kier alpha value is -1.58. The van der Waals surface area contributed by atoms with Crippen LogP contribution >= 0.6 is 24.0 Å². The minimum Gasteiger partial charge on any atom is -0.369 e. The lowest BCUT2D eigenvalue weighted by molar-refractivity contribution is -0.122. The Morgan fingerprint density at radius 1 is 1.30 bits per heavy atom. The molecule has 3 rings (SSSR count). The van der Waals surface area contributed by atoms with Crippen LogP contribution in [0.5, 0.6) is 0 Å². The van der Waals surface area contributed by atoms with Crippen molar-refractivity contribution in [1.29, 1.82) is 0 Å². The summed E-state index contributed by atoms with van der Waals surface area (Å²) in [6.07, 6.45) is 5.95. The first-order chi connectivity index (χ1) is 14.0. The third kappa shape index (κ3) is 6.46. The summed E-state index contributed by atoms with van der Waals surface area (Å²) in [4.78, 5) is 25.2. The van der Waals surface area contributed by atoms with Crippen molar-refractivity contribution in [3.63, 3.8) is 0 Å². The summed E-state index contributed by atoms with van der Waals surface area (Å²) in [5, 5.41) is 3.54. The van der Waals surface area contributed by atoms with Crippen molar-refractivity contribution >= 4 is 41.7 Å². The van der Waals surface area contributed by atoms with Crippen molar-refractivity contribution in [2.24, 2.45) is 28.5 Å². The van der Waals surface area contributed by atoms with Crippen molar-refractivity contribution in [3.8, 4) is 0 Å². The fraction of sp³-hybridized carbons (Fsp3) is 0.682. The van der Waals surface area contributed by atoms with E-state index in [1.807, 2.05) is 19.3 Å². The first-order valence-electron chi connectivity index (χ1n) is 10.9. The smallest absolute Gasteiger partial charge is 0.220 e. The molecular weight excluding hydrogens is 491 g/mol. The molecule has 1 atom stereocenters. The second kappa shape index (κ2) is 11.7. The van der Waals surface area contributed by atoms with Crippen LogP contribution in [0.15, 0.2) is 23.3 Å². The number of hydrogen-bond donors (Lipinski definition) is 2. The molecule has 2 fully saturated rings. The van der Waals surface area contributed by atoms with Gasteiger partial charge in [-0.25, -0.2) is 4.98 Å². The number of carbonyl (C=O) groups is 1. The van der Waals surface area contributed by atoms with E-state index in [1.54, 1.807) is 0 Å². The largest absolute Gasteiger partial charge is 0.369 e. The van der Waals surface area contributed by atoms with E-state index in [1.165, 1.54) is 12.8 Å². The lowest BCUT2D eigenvalue weighted by atomic mass is 9.96. The number of piperidine rings is 1. The van der Waals surface area contributed by atoms with Crippen LogP contribution in [0, 0.1) is 17.8 Å². The van der Waals surface area contributed by atoms with Crippen molar-refractivity contribution in [2.75, 3.05) is 38.1 Å². The molecule has 3 N–H and O–H groups in total. The van der Waals surface area contributed by atoms with Crippen LogP contribution in [-0.2, 0) is 11.3 Å². The van der Waals surface area contributed by atoms with Gasteiger partial charge in [0.2, 0.25) is 5.91 Å². The van der Waals surface area contributed by atoms with E-state index >= 15 is 0 Å². The van der Waals surface area contributed by atoms with E-state index in [-0.39, 0.29) is 35.8 Å². The highest BCUT2D eigenvalue weighted by Crippen LogP contribution is 2.25. The molecule has 1 amide bonds. The van der Waals surface area contributed by atoms with Gasteiger partial charge in [0.05, 0.1) is 0 Å². The van der Waals surface area contributed by atoms with E-state index in [0.717, 1.165) is 68.2 Å². The summed E-state index contributed by atoms with van der Waals surface area (Å²) >= 11 is 0. The van der Waals surface area contributed by atoms with Gasteiger partial charge in [-0.3, -0.25) is 9.79 Å². The second-order valence-corrected chi connectivity index (χ2v) is 8.78. The Kier molecular flexibility index (Phi) is 9.64. The molecule has 0 aliphatic carbocycles. The molecule has 2 aliphatic rings. The van der Waals surface area contributed by atoms with Crippen LogP contribution < -0.4 is 16.0 Å². The lowest BCUT2D eigenvalue weighted by Crippen LogP contribution is -2.41. The van der Waals surface area contributed by atoms with Crippen LogP contribution in [0.25, 0.3) is 0 Å². The summed E-state index contributed by atoms with van der Waals surface area (Å²) in [6.45, 7) is 9.06. The van der Waals surface area contributed by atoms with Gasteiger partial charge in [0.1, 0.15) is 5.82 Å². The Bertz CT molecular complexity index is 717. The molecule has 168 valence electrons. The van der Waals surface area contributed by atoms with Gasteiger partial charge in [-0.2, -0.15) is 0 Å². The molecule has 1 unspecified atom stereocenters. The molecule has 8 heteroatoms. The lowest BCUT2D eigenvalue weighted by Gasteiger charge is -2.32. The SMILES string of the molecule is CN=C(NCc1cccnc1N1CCC(C(N)=O)CC1)N1CCC(CC(C)C)C1.I. The van der Waals surface area contributed by atoms with Gasteiger partial charge in [0, 0.05) is 57.4 Å². The number of guanidine groups is 1. The van der Waals surface area contributed by atoms with E-state index in [4.69, 9.17) is 5.73 Å². The Morgan fingerprint density at radius 2 is 2.03 bits per heavy atom. The summed E-state index contributed by atoms with van der Waals surface area (Å²) < 4.78 is 0. The third-order valence-electron chi connectivity index (χ3n) is 6.10. The summed E-state index contributed by atoms with van der Waals surface area (Å²) in [6, 6.07) is 4.10. The van der Waals surface area contributed by atoms with E-state index in [9.17, 15) is 4.79 Å². The number of carbonyl (C=O) groups excluding carboxylic acids is 1.